The molecule has 0 radical (unpaired) electrons. The zero-order valence-corrected chi connectivity index (χ0v) is 28.2. The van der Waals surface area contributed by atoms with Gasteiger partial charge in [0.2, 0.25) is 0 Å². The lowest BCUT2D eigenvalue weighted by atomic mass is 9.69. The van der Waals surface area contributed by atoms with Crippen LogP contribution in [0.4, 0.5) is 0 Å². The Labute approximate surface area is 271 Å². The lowest BCUT2D eigenvalue weighted by molar-refractivity contribution is -0.127. The number of benzene rings is 1. The molecule has 1 aliphatic heterocycles. The highest BCUT2D eigenvalue weighted by Crippen LogP contribution is 2.50. The highest BCUT2D eigenvalue weighted by molar-refractivity contribution is 6.24. The molecule has 0 unspecified atom stereocenters. The van der Waals surface area contributed by atoms with Gasteiger partial charge in [-0.1, -0.05) is 37.6 Å². The van der Waals surface area contributed by atoms with Crippen LogP contribution in [0, 0.1) is 5.41 Å². The predicted molar refractivity (Wildman–Crippen MR) is 177 cm³/mol. The summed E-state index contributed by atoms with van der Waals surface area (Å²) in [7, 11) is 0. The smallest absolute Gasteiger partial charge is 0.183 e. The summed E-state index contributed by atoms with van der Waals surface area (Å²) < 4.78 is 6.03. The maximum atomic E-state index is 13.9. The van der Waals surface area contributed by atoms with Crippen LogP contribution < -0.4 is 4.74 Å². The van der Waals surface area contributed by atoms with Crippen molar-refractivity contribution < 1.29 is 44.7 Å². The number of ketones is 3. The molecule has 9 nitrogen and oxygen atoms in total. The molecule has 1 aromatic carbocycles. The Morgan fingerprint density at radius 1 is 0.978 bits per heavy atom. The molecule has 0 amide bonds. The Morgan fingerprint density at radius 2 is 1.59 bits per heavy atom. The third kappa shape index (κ3) is 7.47. The molecule has 0 spiro atoms. The average Bonchev–Trinajstić information content (AvgIpc) is 2.94. The molecule has 1 aromatic rings. The van der Waals surface area contributed by atoms with E-state index < -0.39 is 69.0 Å². The van der Waals surface area contributed by atoms with Gasteiger partial charge in [-0.05, 0) is 79.4 Å². The number of allylic oxidation sites excluding steroid dienone is 6. The van der Waals surface area contributed by atoms with E-state index in [4.69, 9.17) is 4.74 Å². The Balaban J connectivity index is 2.24. The minimum atomic E-state index is -1.66. The third-order valence-corrected chi connectivity index (χ3v) is 8.30. The number of phenolic OH excluding ortho intramolecular Hbond substituents is 2. The van der Waals surface area contributed by atoms with Gasteiger partial charge in [0.15, 0.2) is 17.3 Å². The quantitative estimate of drug-likeness (QED) is 0.0841. The van der Waals surface area contributed by atoms with Gasteiger partial charge in [-0.15, -0.1) is 0 Å². The highest BCUT2D eigenvalue weighted by Gasteiger charge is 2.48. The molecule has 9 heteroatoms. The molecule has 2 aliphatic rings. The fourth-order valence-corrected chi connectivity index (χ4v) is 5.62. The summed E-state index contributed by atoms with van der Waals surface area (Å²) >= 11 is 0. The Kier molecular flexibility index (Phi) is 10.8. The number of aliphatic hydroxyl groups is 3. The number of ether oxygens (including phenoxy) is 1. The van der Waals surface area contributed by atoms with Gasteiger partial charge in [-0.3, -0.25) is 14.4 Å². The fraction of sp³-hybridized carbons (Fsp3) is 0.486. The van der Waals surface area contributed by atoms with Crippen molar-refractivity contribution in [2.24, 2.45) is 5.41 Å². The second kappa shape index (κ2) is 13.7. The molecular weight excluding hydrogens is 588 g/mol. The number of aromatic hydroxyl groups is 2. The van der Waals surface area contributed by atoms with E-state index in [9.17, 15) is 39.9 Å². The van der Waals surface area contributed by atoms with E-state index in [1.807, 2.05) is 13.8 Å². The summed E-state index contributed by atoms with van der Waals surface area (Å²) in [5.74, 6) is -3.93. The largest absolute Gasteiger partial charge is 0.511 e. The number of phenols is 2. The highest BCUT2D eigenvalue weighted by atomic mass is 16.5. The summed E-state index contributed by atoms with van der Waals surface area (Å²) in [5, 5.41) is 55.9. The second-order valence-corrected chi connectivity index (χ2v) is 13.6. The van der Waals surface area contributed by atoms with Crippen LogP contribution in [0.1, 0.15) is 115 Å². The molecule has 1 atom stereocenters. The van der Waals surface area contributed by atoms with Crippen molar-refractivity contribution in [3.05, 3.63) is 69.2 Å². The first-order valence-corrected chi connectivity index (χ1v) is 15.8. The van der Waals surface area contributed by atoms with Gasteiger partial charge in [0.1, 0.15) is 45.5 Å². The van der Waals surface area contributed by atoms with Gasteiger partial charge in [0, 0.05) is 30.4 Å². The number of aliphatic hydroxyl groups excluding tert-OH is 2. The van der Waals surface area contributed by atoms with E-state index in [0.717, 1.165) is 5.57 Å². The number of Topliss-reactive ketones (excluding diaryl/α,β-unsaturated/α-hetero) is 3. The average molecular weight is 637 g/mol. The van der Waals surface area contributed by atoms with Crippen LogP contribution in [-0.2, 0) is 16.0 Å². The van der Waals surface area contributed by atoms with Gasteiger partial charge < -0.3 is 30.3 Å². The molecular formula is C37H48O9. The van der Waals surface area contributed by atoms with E-state index in [1.54, 1.807) is 65.0 Å². The molecule has 1 heterocycles. The van der Waals surface area contributed by atoms with E-state index >= 15 is 0 Å². The van der Waals surface area contributed by atoms with Crippen LogP contribution in [-0.4, -0.2) is 54.1 Å². The van der Waals surface area contributed by atoms with Crippen molar-refractivity contribution in [2.75, 3.05) is 0 Å². The molecule has 250 valence electrons. The van der Waals surface area contributed by atoms with Crippen LogP contribution >= 0.6 is 0 Å². The van der Waals surface area contributed by atoms with Crippen molar-refractivity contribution in [2.45, 2.75) is 112 Å². The van der Waals surface area contributed by atoms with Crippen molar-refractivity contribution >= 4 is 23.4 Å². The van der Waals surface area contributed by atoms with Crippen molar-refractivity contribution in [1.29, 1.82) is 0 Å². The molecule has 1 aliphatic carbocycles. The number of hydrogen-bond donors (Lipinski definition) is 5. The molecule has 0 aromatic heterocycles. The minimum Gasteiger partial charge on any atom is -0.511 e. The first kappa shape index (κ1) is 36.4. The lowest BCUT2D eigenvalue weighted by Crippen LogP contribution is -2.39. The van der Waals surface area contributed by atoms with Gasteiger partial charge >= 0.3 is 0 Å². The monoisotopic (exact) mass is 636 g/mol. The second-order valence-electron chi connectivity index (χ2n) is 13.6. The van der Waals surface area contributed by atoms with E-state index in [0.29, 0.717) is 19.3 Å². The third-order valence-electron chi connectivity index (χ3n) is 8.30. The molecule has 3 rings (SSSR count). The van der Waals surface area contributed by atoms with Crippen LogP contribution in [0.25, 0.3) is 6.08 Å². The Morgan fingerprint density at radius 3 is 2.17 bits per heavy atom. The van der Waals surface area contributed by atoms with Crippen LogP contribution in [0.15, 0.2) is 52.5 Å². The topological polar surface area (TPSA) is 162 Å². The van der Waals surface area contributed by atoms with E-state index in [2.05, 4.69) is 0 Å². The lowest BCUT2D eigenvalue weighted by Gasteiger charge is -2.34. The number of carbonyl (C=O) groups is 3. The summed E-state index contributed by atoms with van der Waals surface area (Å²) in [6.07, 6.45) is 9.40. The van der Waals surface area contributed by atoms with E-state index in [-0.39, 0.29) is 47.3 Å². The van der Waals surface area contributed by atoms with Gasteiger partial charge in [0.25, 0.3) is 0 Å². The Hall–Kier alpha value is -4.11. The number of carbonyl (C=O) groups excluding carboxylic acids is 3. The summed E-state index contributed by atoms with van der Waals surface area (Å²) in [6, 6.07) is 0. The number of rotatable bonds is 13. The first-order chi connectivity index (χ1) is 21.3. The molecule has 0 bridgehead atoms. The minimum absolute atomic E-state index is 0.0191. The molecule has 46 heavy (non-hydrogen) atoms. The van der Waals surface area contributed by atoms with Crippen LogP contribution in [0.3, 0.4) is 0 Å². The SMILES string of the molecule is CCCC(=O)C1=C(O)C(Cc2c(O)c3c(c(C(=O)CCC)c2O)OC(C)(C)C=C3)=C(O)[C@@](C)(C/C=C(\C)C/C=C/C(C)(C)O)C1=O. The maximum Gasteiger partial charge on any atom is 0.183 e. The summed E-state index contributed by atoms with van der Waals surface area (Å²) in [6.45, 7) is 13.7. The van der Waals surface area contributed by atoms with Crippen molar-refractivity contribution in [3.8, 4) is 17.2 Å². The summed E-state index contributed by atoms with van der Waals surface area (Å²) in [5.41, 5.74) is -3.44. The standard InChI is InChI=1S/C37H48O9/c1-9-12-25(38)27-30(41)23(29(40)22-16-18-36(6,7)46-32(22)27)20-24-31(42)28(26(39)13-10-2)34(44)37(8,33(24)43)19-15-21(3)14-11-17-35(4,5)45/h11,15-18,40-43,45H,9-10,12-14,19-20H2,1-8H3/b17-11+,21-15+/t37-/m1/s1. The Bertz CT molecular complexity index is 1570. The zero-order valence-electron chi connectivity index (χ0n) is 28.2. The number of fused-ring (bicyclic) bond motifs is 1. The van der Waals surface area contributed by atoms with Gasteiger partial charge in [-0.25, -0.2) is 0 Å². The fourth-order valence-electron chi connectivity index (χ4n) is 5.62. The molecule has 5 N–H and O–H groups in total. The number of hydrogen-bond acceptors (Lipinski definition) is 9. The molecule has 0 saturated carbocycles. The van der Waals surface area contributed by atoms with Crippen LogP contribution in [0.2, 0.25) is 0 Å². The maximum absolute atomic E-state index is 13.9. The van der Waals surface area contributed by atoms with Gasteiger partial charge in [0.05, 0.1) is 16.6 Å². The van der Waals surface area contributed by atoms with Gasteiger partial charge in [-0.2, -0.15) is 0 Å². The zero-order chi connectivity index (χ0) is 34.8. The van der Waals surface area contributed by atoms with Crippen LogP contribution in [0.5, 0.6) is 17.2 Å². The van der Waals surface area contributed by atoms with Crippen molar-refractivity contribution in [1.82, 2.24) is 0 Å². The first-order valence-electron chi connectivity index (χ1n) is 15.8. The van der Waals surface area contributed by atoms with Crippen molar-refractivity contribution in [3.63, 3.8) is 0 Å². The predicted octanol–water partition coefficient (Wildman–Crippen LogP) is 7.44. The molecule has 0 saturated heterocycles. The molecule has 0 fully saturated rings. The van der Waals surface area contributed by atoms with E-state index in [1.165, 1.54) is 6.92 Å². The summed E-state index contributed by atoms with van der Waals surface area (Å²) in [4.78, 5) is 40.4. The normalized spacial score (nSPS) is 19.9.